The first-order chi connectivity index (χ1) is 16.8. The van der Waals surface area contributed by atoms with Crippen molar-refractivity contribution in [2.24, 2.45) is 0 Å². The number of aromatic nitrogens is 1. The molecule has 4 aromatic rings. The third kappa shape index (κ3) is 4.22. The SMILES string of the molecule is Cc1ccc(/C(O)=C2\C(=O)C(=O)N(CCc3c[nH]c4ccccc34)C2c2ccc(Cl)cc2Cl)cc1. The minimum atomic E-state index is -0.841. The van der Waals surface area contributed by atoms with E-state index in [0.717, 1.165) is 22.0 Å². The Kier molecular flexibility index (Phi) is 6.13. The van der Waals surface area contributed by atoms with Crippen LogP contribution in [0.15, 0.2) is 78.5 Å². The molecule has 1 amide bonds. The molecule has 3 aromatic carbocycles. The van der Waals surface area contributed by atoms with E-state index < -0.39 is 17.7 Å². The van der Waals surface area contributed by atoms with Crippen molar-refractivity contribution in [1.82, 2.24) is 9.88 Å². The number of aliphatic hydroxyl groups excluding tert-OH is 1. The van der Waals surface area contributed by atoms with Gasteiger partial charge in [-0.3, -0.25) is 9.59 Å². The van der Waals surface area contributed by atoms with E-state index in [1.807, 2.05) is 49.5 Å². The Morgan fingerprint density at radius 3 is 2.51 bits per heavy atom. The topological polar surface area (TPSA) is 73.4 Å². The fourth-order valence-electron chi connectivity index (χ4n) is 4.60. The first-order valence-electron chi connectivity index (χ1n) is 11.2. The van der Waals surface area contributed by atoms with Gasteiger partial charge in [0.2, 0.25) is 0 Å². The number of aryl methyl sites for hydroxylation is 1. The van der Waals surface area contributed by atoms with Gasteiger partial charge in [-0.15, -0.1) is 0 Å². The van der Waals surface area contributed by atoms with Crippen LogP contribution in [0.3, 0.4) is 0 Å². The molecule has 1 atom stereocenters. The van der Waals surface area contributed by atoms with Gasteiger partial charge in [-0.05, 0) is 42.7 Å². The van der Waals surface area contributed by atoms with Gasteiger partial charge in [-0.1, -0.05) is 77.3 Å². The molecular formula is C28H22Cl2N2O3. The molecule has 0 spiro atoms. The van der Waals surface area contributed by atoms with Crippen LogP contribution in [0.4, 0.5) is 0 Å². The Hall–Kier alpha value is -3.54. The van der Waals surface area contributed by atoms with Gasteiger partial charge in [-0.2, -0.15) is 0 Å². The molecule has 1 saturated heterocycles. The maximum Gasteiger partial charge on any atom is 0.295 e. The minimum Gasteiger partial charge on any atom is -0.507 e. The number of hydrogen-bond donors (Lipinski definition) is 2. The van der Waals surface area contributed by atoms with E-state index in [1.54, 1.807) is 30.3 Å². The second-order valence-corrected chi connectivity index (χ2v) is 9.48. The summed E-state index contributed by atoms with van der Waals surface area (Å²) in [6.45, 7) is 2.20. The monoisotopic (exact) mass is 504 g/mol. The predicted octanol–water partition coefficient (Wildman–Crippen LogP) is 6.45. The van der Waals surface area contributed by atoms with Crippen LogP contribution in [0.5, 0.6) is 0 Å². The van der Waals surface area contributed by atoms with Crippen LogP contribution in [-0.2, 0) is 16.0 Å². The van der Waals surface area contributed by atoms with Crippen molar-refractivity contribution in [3.63, 3.8) is 0 Å². The summed E-state index contributed by atoms with van der Waals surface area (Å²) in [6.07, 6.45) is 2.43. The number of H-pyrrole nitrogens is 1. The van der Waals surface area contributed by atoms with Crippen molar-refractivity contribution in [3.05, 3.63) is 111 Å². The van der Waals surface area contributed by atoms with Crippen molar-refractivity contribution in [2.45, 2.75) is 19.4 Å². The summed E-state index contributed by atoms with van der Waals surface area (Å²) >= 11 is 12.7. The Morgan fingerprint density at radius 1 is 1.03 bits per heavy atom. The fourth-order valence-corrected chi connectivity index (χ4v) is 5.12. The van der Waals surface area contributed by atoms with E-state index in [-0.39, 0.29) is 17.9 Å². The number of aromatic amines is 1. The molecule has 176 valence electrons. The molecule has 0 radical (unpaired) electrons. The maximum absolute atomic E-state index is 13.2. The van der Waals surface area contributed by atoms with Crippen molar-refractivity contribution in [1.29, 1.82) is 0 Å². The summed E-state index contributed by atoms with van der Waals surface area (Å²) in [4.78, 5) is 31.2. The fraction of sp³-hybridized carbons (Fsp3) is 0.143. The van der Waals surface area contributed by atoms with Gasteiger partial charge in [0.15, 0.2) is 0 Å². The summed E-state index contributed by atoms with van der Waals surface area (Å²) < 4.78 is 0. The number of hydrogen-bond acceptors (Lipinski definition) is 3. The number of amides is 1. The van der Waals surface area contributed by atoms with Crippen molar-refractivity contribution >= 4 is 51.6 Å². The lowest BCUT2D eigenvalue weighted by Gasteiger charge is -2.26. The van der Waals surface area contributed by atoms with Gasteiger partial charge in [0, 0.05) is 39.3 Å². The van der Waals surface area contributed by atoms with E-state index in [2.05, 4.69) is 4.98 Å². The molecule has 1 fully saturated rings. The molecule has 1 aromatic heterocycles. The van der Waals surface area contributed by atoms with E-state index in [9.17, 15) is 14.7 Å². The Balaban J connectivity index is 1.59. The molecular weight excluding hydrogens is 483 g/mol. The highest BCUT2D eigenvalue weighted by molar-refractivity contribution is 6.47. The highest BCUT2D eigenvalue weighted by Crippen LogP contribution is 2.42. The molecule has 1 aliphatic heterocycles. The molecule has 2 N–H and O–H groups in total. The summed E-state index contributed by atoms with van der Waals surface area (Å²) in [7, 11) is 0. The number of carbonyl (C=O) groups excluding carboxylic acids is 2. The molecule has 5 rings (SSSR count). The summed E-state index contributed by atoms with van der Waals surface area (Å²) in [5, 5.41) is 13.0. The average Bonchev–Trinajstić information content (AvgIpc) is 3.36. The number of likely N-dealkylation sites (tertiary alicyclic amines) is 1. The van der Waals surface area contributed by atoms with Crippen molar-refractivity contribution < 1.29 is 14.7 Å². The molecule has 0 aliphatic carbocycles. The number of fused-ring (bicyclic) bond motifs is 1. The number of nitrogens with zero attached hydrogens (tertiary/aromatic N) is 1. The first kappa shape index (κ1) is 23.2. The van der Waals surface area contributed by atoms with Gasteiger partial charge in [0.1, 0.15) is 5.76 Å². The van der Waals surface area contributed by atoms with Crippen LogP contribution in [0.25, 0.3) is 16.7 Å². The van der Waals surface area contributed by atoms with Crippen LogP contribution in [-0.4, -0.2) is 33.2 Å². The number of benzene rings is 3. The average molecular weight is 505 g/mol. The summed E-state index contributed by atoms with van der Waals surface area (Å²) in [5.41, 5.74) is 4.05. The number of nitrogens with one attached hydrogen (secondary N) is 1. The standard InChI is InChI=1S/C28H22Cl2N2O3/c1-16-6-8-17(9-7-16)26(33)24-25(21-11-10-19(29)14-22(21)30)32(28(35)27(24)34)13-12-18-15-31-23-5-3-2-4-20(18)23/h2-11,14-15,25,31,33H,12-13H2,1H3/b26-24+. The largest absolute Gasteiger partial charge is 0.507 e. The second-order valence-electron chi connectivity index (χ2n) is 8.63. The zero-order chi connectivity index (χ0) is 24.7. The third-order valence-electron chi connectivity index (χ3n) is 6.42. The number of halogens is 2. The van der Waals surface area contributed by atoms with Crippen LogP contribution in [0.2, 0.25) is 10.0 Å². The number of carbonyl (C=O) groups is 2. The predicted molar refractivity (Wildman–Crippen MR) is 139 cm³/mol. The number of Topliss-reactive ketones (excluding diaryl/α,β-unsaturated/α-hetero) is 1. The normalized spacial score (nSPS) is 17.5. The Bertz CT molecular complexity index is 1490. The zero-order valence-corrected chi connectivity index (χ0v) is 20.4. The second kappa shape index (κ2) is 9.25. The third-order valence-corrected chi connectivity index (χ3v) is 6.98. The highest BCUT2D eigenvalue weighted by atomic mass is 35.5. The minimum absolute atomic E-state index is 0.0157. The molecule has 2 heterocycles. The molecule has 1 aliphatic rings. The zero-order valence-electron chi connectivity index (χ0n) is 18.9. The molecule has 35 heavy (non-hydrogen) atoms. The van der Waals surface area contributed by atoms with Gasteiger partial charge in [0.05, 0.1) is 11.6 Å². The van der Waals surface area contributed by atoms with Crippen LogP contribution in [0, 0.1) is 6.92 Å². The molecule has 5 nitrogen and oxygen atoms in total. The number of para-hydroxylation sites is 1. The molecule has 1 unspecified atom stereocenters. The first-order valence-corrected chi connectivity index (χ1v) is 12.0. The number of aliphatic hydroxyl groups is 1. The molecule has 0 bridgehead atoms. The van der Waals surface area contributed by atoms with Crippen molar-refractivity contribution in [3.8, 4) is 0 Å². The summed E-state index contributed by atoms with van der Waals surface area (Å²) in [5.74, 6) is -1.64. The van der Waals surface area contributed by atoms with E-state index >= 15 is 0 Å². The molecule has 0 saturated carbocycles. The van der Waals surface area contributed by atoms with Crippen LogP contribution in [0.1, 0.15) is 28.3 Å². The van der Waals surface area contributed by atoms with E-state index in [1.165, 1.54) is 4.90 Å². The Morgan fingerprint density at radius 2 is 1.77 bits per heavy atom. The lowest BCUT2D eigenvalue weighted by Crippen LogP contribution is -2.31. The van der Waals surface area contributed by atoms with Crippen LogP contribution >= 0.6 is 23.2 Å². The van der Waals surface area contributed by atoms with Gasteiger partial charge in [-0.25, -0.2) is 0 Å². The number of rotatable bonds is 5. The van der Waals surface area contributed by atoms with E-state index in [4.69, 9.17) is 23.2 Å². The van der Waals surface area contributed by atoms with E-state index in [0.29, 0.717) is 27.6 Å². The quantitative estimate of drug-likeness (QED) is 0.186. The maximum atomic E-state index is 13.2. The molecule has 7 heteroatoms. The highest BCUT2D eigenvalue weighted by Gasteiger charge is 2.46. The van der Waals surface area contributed by atoms with Gasteiger partial charge in [0.25, 0.3) is 11.7 Å². The lowest BCUT2D eigenvalue weighted by molar-refractivity contribution is -0.139. The number of ketones is 1. The summed E-state index contributed by atoms with van der Waals surface area (Å²) in [6, 6.07) is 19.1. The van der Waals surface area contributed by atoms with Gasteiger partial charge < -0.3 is 15.0 Å². The Labute approximate surface area is 212 Å². The van der Waals surface area contributed by atoms with Crippen LogP contribution < -0.4 is 0 Å². The van der Waals surface area contributed by atoms with Crippen molar-refractivity contribution in [2.75, 3.05) is 6.54 Å². The lowest BCUT2D eigenvalue weighted by atomic mass is 9.95. The smallest absolute Gasteiger partial charge is 0.295 e. The van der Waals surface area contributed by atoms with Gasteiger partial charge >= 0.3 is 0 Å².